The Morgan fingerprint density at radius 1 is 1.58 bits per heavy atom. The second kappa shape index (κ2) is 6.34. The topological polar surface area (TPSA) is 90.9 Å². The van der Waals surface area contributed by atoms with Crippen LogP contribution in [0.3, 0.4) is 0 Å². The number of nitrogens with one attached hydrogen (secondary N) is 1. The molecule has 2 rings (SSSR count). The Morgan fingerprint density at radius 2 is 2.42 bits per heavy atom. The van der Waals surface area contributed by atoms with Crippen molar-refractivity contribution in [2.24, 2.45) is 0 Å². The molecule has 0 saturated carbocycles. The quantitative estimate of drug-likeness (QED) is 0.845. The number of nitrogen functional groups attached to an aromatic ring is 1. The minimum Gasteiger partial charge on any atom is -0.382 e. The zero-order valence-corrected chi connectivity index (χ0v) is 11.3. The summed E-state index contributed by atoms with van der Waals surface area (Å²) >= 11 is 0. The summed E-state index contributed by atoms with van der Waals surface area (Å²) in [7, 11) is 0. The molecule has 6 heteroatoms. The van der Waals surface area contributed by atoms with Gasteiger partial charge in [0.15, 0.2) is 0 Å². The number of rotatable bonds is 4. The van der Waals surface area contributed by atoms with E-state index in [0.29, 0.717) is 17.6 Å². The fourth-order valence-electron chi connectivity index (χ4n) is 2.48. The summed E-state index contributed by atoms with van der Waals surface area (Å²) in [4.78, 5) is 10.7. The molecule has 3 N–H and O–H groups in total. The summed E-state index contributed by atoms with van der Waals surface area (Å²) in [5.74, 6) is 0.731. The molecule has 1 aromatic heterocycles. The Bertz CT molecular complexity index is 467. The van der Waals surface area contributed by atoms with E-state index in [1.54, 1.807) is 0 Å². The predicted octanol–water partition coefficient (Wildman–Crippen LogP) is 1.22. The zero-order valence-electron chi connectivity index (χ0n) is 11.3. The minimum atomic E-state index is 0.232. The SMILES string of the molecule is CCN1CCCC[C@@H]1CNc1ncc(C#N)c(N)n1. The summed E-state index contributed by atoms with van der Waals surface area (Å²) in [6.45, 7) is 5.25. The fourth-order valence-corrected chi connectivity index (χ4v) is 2.48. The molecule has 0 bridgehead atoms. The average molecular weight is 260 g/mol. The molecule has 1 fully saturated rings. The molecule has 0 spiro atoms. The molecule has 19 heavy (non-hydrogen) atoms. The summed E-state index contributed by atoms with van der Waals surface area (Å²) in [5, 5.41) is 12.0. The number of hydrogen-bond acceptors (Lipinski definition) is 6. The first-order valence-electron chi connectivity index (χ1n) is 6.75. The van der Waals surface area contributed by atoms with Gasteiger partial charge in [0.2, 0.25) is 5.95 Å². The fraction of sp³-hybridized carbons (Fsp3) is 0.615. The Labute approximate surface area is 113 Å². The van der Waals surface area contributed by atoms with E-state index in [0.717, 1.165) is 13.1 Å². The first-order valence-corrected chi connectivity index (χ1v) is 6.75. The van der Waals surface area contributed by atoms with Crippen LogP contribution >= 0.6 is 0 Å². The molecule has 1 aromatic rings. The number of anilines is 2. The van der Waals surface area contributed by atoms with E-state index in [1.807, 2.05) is 6.07 Å². The molecule has 6 nitrogen and oxygen atoms in total. The van der Waals surface area contributed by atoms with Gasteiger partial charge in [-0.2, -0.15) is 10.2 Å². The van der Waals surface area contributed by atoms with Crippen LogP contribution in [-0.2, 0) is 0 Å². The van der Waals surface area contributed by atoms with Crippen molar-refractivity contribution in [2.75, 3.05) is 30.7 Å². The van der Waals surface area contributed by atoms with Crippen molar-refractivity contribution >= 4 is 11.8 Å². The third kappa shape index (κ3) is 3.32. The van der Waals surface area contributed by atoms with Crippen LogP contribution in [0.15, 0.2) is 6.20 Å². The number of likely N-dealkylation sites (tertiary alicyclic amines) is 1. The highest BCUT2D eigenvalue weighted by Gasteiger charge is 2.20. The van der Waals surface area contributed by atoms with Crippen molar-refractivity contribution in [3.05, 3.63) is 11.8 Å². The van der Waals surface area contributed by atoms with Crippen molar-refractivity contribution < 1.29 is 0 Å². The Morgan fingerprint density at radius 3 is 3.11 bits per heavy atom. The molecule has 0 aromatic carbocycles. The van der Waals surface area contributed by atoms with Gasteiger partial charge in [-0.25, -0.2) is 4.98 Å². The molecule has 0 amide bonds. The van der Waals surface area contributed by atoms with E-state index < -0.39 is 0 Å². The van der Waals surface area contributed by atoms with Gasteiger partial charge < -0.3 is 11.1 Å². The molecule has 1 aliphatic heterocycles. The molecule has 1 saturated heterocycles. The third-order valence-electron chi connectivity index (χ3n) is 3.59. The van der Waals surface area contributed by atoms with E-state index in [4.69, 9.17) is 11.0 Å². The highest BCUT2D eigenvalue weighted by Crippen LogP contribution is 2.17. The van der Waals surface area contributed by atoms with Gasteiger partial charge in [0, 0.05) is 12.6 Å². The highest BCUT2D eigenvalue weighted by atomic mass is 15.2. The van der Waals surface area contributed by atoms with Crippen molar-refractivity contribution in [1.29, 1.82) is 5.26 Å². The van der Waals surface area contributed by atoms with Crippen molar-refractivity contribution in [2.45, 2.75) is 32.2 Å². The maximum absolute atomic E-state index is 8.77. The first-order chi connectivity index (χ1) is 9.24. The molecule has 1 aliphatic rings. The summed E-state index contributed by atoms with van der Waals surface area (Å²) in [6.07, 6.45) is 5.22. The summed E-state index contributed by atoms with van der Waals surface area (Å²) in [5.41, 5.74) is 5.99. The van der Waals surface area contributed by atoms with Gasteiger partial charge in [0.05, 0.1) is 6.20 Å². The second-order valence-electron chi connectivity index (χ2n) is 4.76. The highest BCUT2D eigenvalue weighted by molar-refractivity contribution is 5.49. The lowest BCUT2D eigenvalue weighted by atomic mass is 10.0. The molecular weight excluding hydrogens is 240 g/mol. The number of likely N-dealkylation sites (N-methyl/N-ethyl adjacent to an activating group) is 1. The zero-order chi connectivity index (χ0) is 13.7. The van der Waals surface area contributed by atoms with Crippen molar-refractivity contribution in [1.82, 2.24) is 14.9 Å². The van der Waals surface area contributed by atoms with Gasteiger partial charge in [-0.3, -0.25) is 4.90 Å². The van der Waals surface area contributed by atoms with Crippen LogP contribution in [0.4, 0.5) is 11.8 Å². The molecule has 102 valence electrons. The Hall–Kier alpha value is -1.87. The molecule has 0 radical (unpaired) electrons. The van der Waals surface area contributed by atoms with Gasteiger partial charge >= 0.3 is 0 Å². The van der Waals surface area contributed by atoms with Gasteiger partial charge in [-0.1, -0.05) is 13.3 Å². The minimum absolute atomic E-state index is 0.232. The number of nitrogens with zero attached hydrogens (tertiary/aromatic N) is 4. The van der Waals surface area contributed by atoms with Crippen LogP contribution in [0.25, 0.3) is 0 Å². The van der Waals surface area contributed by atoms with E-state index >= 15 is 0 Å². The number of aromatic nitrogens is 2. The lowest BCUT2D eigenvalue weighted by Gasteiger charge is -2.34. The number of nitrogens with two attached hydrogens (primary N) is 1. The number of hydrogen-bond donors (Lipinski definition) is 2. The van der Waals surface area contributed by atoms with Gasteiger partial charge in [0.1, 0.15) is 17.5 Å². The third-order valence-corrected chi connectivity index (χ3v) is 3.59. The summed E-state index contributed by atoms with van der Waals surface area (Å²) in [6, 6.07) is 2.49. The van der Waals surface area contributed by atoms with Gasteiger partial charge in [-0.15, -0.1) is 0 Å². The van der Waals surface area contributed by atoms with E-state index in [-0.39, 0.29) is 5.82 Å². The van der Waals surface area contributed by atoms with E-state index in [1.165, 1.54) is 32.0 Å². The molecule has 1 atom stereocenters. The van der Waals surface area contributed by atoms with Crippen LogP contribution in [0.5, 0.6) is 0 Å². The van der Waals surface area contributed by atoms with Crippen LogP contribution in [0.1, 0.15) is 31.7 Å². The maximum Gasteiger partial charge on any atom is 0.224 e. The second-order valence-corrected chi connectivity index (χ2v) is 4.76. The summed E-state index contributed by atoms with van der Waals surface area (Å²) < 4.78 is 0. The van der Waals surface area contributed by atoms with Crippen LogP contribution in [0.2, 0.25) is 0 Å². The van der Waals surface area contributed by atoms with Crippen LogP contribution < -0.4 is 11.1 Å². The van der Waals surface area contributed by atoms with Crippen molar-refractivity contribution in [3.8, 4) is 6.07 Å². The van der Waals surface area contributed by atoms with Gasteiger partial charge in [0.25, 0.3) is 0 Å². The molecule has 0 aliphatic carbocycles. The monoisotopic (exact) mass is 260 g/mol. The number of piperidine rings is 1. The Balaban J connectivity index is 1.94. The van der Waals surface area contributed by atoms with E-state index in [2.05, 4.69) is 27.1 Å². The molecular formula is C13H20N6. The standard InChI is InChI=1S/C13H20N6/c1-2-19-6-4-3-5-11(19)9-17-13-16-8-10(7-14)12(15)18-13/h8,11H,2-6,9H2,1H3,(H3,15,16,17,18)/t11-/m1/s1. The van der Waals surface area contributed by atoms with Crippen LogP contribution in [-0.4, -0.2) is 40.5 Å². The predicted molar refractivity (Wildman–Crippen MR) is 74.5 cm³/mol. The maximum atomic E-state index is 8.77. The lowest BCUT2D eigenvalue weighted by molar-refractivity contribution is 0.164. The largest absolute Gasteiger partial charge is 0.382 e. The first kappa shape index (κ1) is 13.6. The molecule has 0 unspecified atom stereocenters. The molecule has 2 heterocycles. The van der Waals surface area contributed by atoms with Crippen LogP contribution in [0, 0.1) is 11.3 Å². The lowest BCUT2D eigenvalue weighted by Crippen LogP contribution is -2.43. The Kier molecular flexibility index (Phi) is 4.53. The smallest absolute Gasteiger partial charge is 0.224 e. The number of nitriles is 1. The van der Waals surface area contributed by atoms with E-state index in [9.17, 15) is 0 Å². The average Bonchev–Trinajstić information content (AvgIpc) is 2.45. The van der Waals surface area contributed by atoms with Crippen molar-refractivity contribution in [3.63, 3.8) is 0 Å². The van der Waals surface area contributed by atoms with Gasteiger partial charge in [-0.05, 0) is 25.9 Å². The normalized spacial score (nSPS) is 19.9.